The van der Waals surface area contributed by atoms with E-state index in [2.05, 4.69) is 6.92 Å². The van der Waals surface area contributed by atoms with Crippen molar-refractivity contribution in [1.29, 1.82) is 0 Å². The maximum Gasteiger partial charge on any atom is 1.00 e. The Hall–Kier alpha value is -0.390. The van der Waals surface area contributed by atoms with Gasteiger partial charge in [0.15, 0.2) is 0 Å². The van der Waals surface area contributed by atoms with Crippen LogP contribution < -0.4 is 29.6 Å². The van der Waals surface area contributed by atoms with Gasteiger partial charge in [0.05, 0.1) is 4.90 Å². The van der Waals surface area contributed by atoms with Gasteiger partial charge in [-0.3, -0.25) is 0 Å². The monoisotopic (exact) mass is 384 g/mol. The summed E-state index contributed by atoms with van der Waals surface area (Å²) in [5.74, 6) is 0. The van der Waals surface area contributed by atoms with Crippen LogP contribution >= 0.6 is 0 Å². The Morgan fingerprint density at radius 2 is 1.42 bits per heavy atom. The summed E-state index contributed by atoms with van der Waals surface area (Å²) in [6.45, 7) is 2.23. The second-order valence-electron chi connectivity index (χ2n) is 6.85. The van der Waals surface area contributed by atoms with Crippen molar-refractivity contribution in [2.45, 2.75) is 76.0 Å². The van der Waals surface area contributed by atoms with E-state index in [0.717, 1.165) is 30.2 Å². The van der Waals surface area contributed by atoms with Crippen LogP contribution in [0.1, 0.15) is 70.3 Å². The van der Waals surface area contributed by atoms with E-state index in [1.54, 1.807) is 18.2 Å². The molecule has 0 unspecified atom stereocenters. The molecule has 0 radical (unpaired) electrons. The number of fused-ring (bicyclic) bond motifs is 1. The summed E-state index contributed by atoms with van der Waals surface area (Å²) >= 11 is 0. The minimum absolute atomic E-state index is 0. The molecule has 2 aromatic rings. The van der Waals surface area contributed by atoms with Crippen molar-refractivity contribution in [3.8, 4) is 0 Å². The van der Waals surface area contributed by atoms with Crippen LogP contribution in [0.3, 0.4) is 0 Å². The summed E-state index contributed by atoms with van der Waals surface area (Å²) in [7, 11) is -4.45. The van der Waals surface area contributed by atoms with E-state index in [9.17, 15) is 13.0 Å². The molecule has 138 valence electrons. The molecular formula is C21H29NaO3S. The van der Waals surface area contributed by atoms with E-state index in [-0.39, 0.29) is 34.5 Å². The van der Waals surface area contributed by atoms with Crippen molar-refractivity contribution >= 4 is 20.9 Å². The first-order chi connectivity index (χ1) is 12.0. The largest absolute Gasteiger partial charge is 1.00 e. The smallest absolute Gasteiger partial charge is 0.744 e. The summed E-state index contributed by atoms with van der Waals surface area (Å²) in [5, 5.41) is 1.35. The standard InChI is InChI=1S/C21H30O3S.Na/c1-2-3-4-5-6-7-8-9-10-13-18-16-19-14-11-12-15-20(19)21(17-18)25(22,23)24;/h11-12,14-17H,2-10,13H2,1H3,(H,22,23,24);/q;+1/p-1. The van der Waals surface area contributed by atoms with Gasteiger partial charge >= 0.3 is 29.6 Å². The minimum Gasteiger partial charge on any atom is -0.744 e. The molecule has 3 nitrogen and oxygen atoms in total. The number of benzene rings is 2. The molecule has 0 saturated heterocycles. The van der Waals surface area contributed by atoms with E-state index >= 15 is 0 Å². The van der Waals surface area contributed by atoms with Gasteiger partial charge in [-0.25, -0.2) is 8.42 Å². The molecule has 0 N–H and O–H groups in total. The molecule has 0 amide bonds. The molecule has 0 fully saturated rings. The van der Waals surface area contributed by atoms with Gasteiger partial charge in [-0.1, -0.05) is 88.6 Å². The summed E-state index contributed by atoms with van der Waals surface area (Å²) in [6.07, 6.45) is 12.1. The predicted octanol–water partition coefficient (Wildman–Crippen LogP) is 2.82. The fourth-order valence-electron chi connectivity index (χ4n) is 3.33. The van der Waals surface area contributed by atoms with Crippen molar-refractivity contribution in [1.82, 2.24) is 0 Å². The zero-order valence-corrected chi connectivity index (χ0v) is 19.0. The molecule has 0 aliphatic rings. The van der Waals surface area contributed by atoms with Gasteiger partial charge in [0, 0.05) is 0 Å². The molecule has 0 aromatic heterocycles. The predicted molar refractivity (Wildman–Crippen MR) is 103 cm³/mol. The number of aryl methyl sites for hydroxylation is 1. The third-order valence-electron chi connectivity index (χ3n) is 4.72. The summed E-state index contributed by atoms with van der Waals surface area (Å²) in [4.78, 5) is -0.0866. The van der Waals surface area contributed by atoms with Crippen LogP contribution in [0.15, 0.2) is 41.3 Å². The molecule has 0 atom stereocenters. The van der Waals surface area contributed by atoms with Gasteiger partial charge in [0.1, 0.15) is 10.1 Å². The third kappa shape index (κ3) is 7.69. The SMILES string of the molecule is CCCCCCCCCCCc1cc(S(=O)(=O)[O-])c2ccccc2c1.[Na+]. The van der Waals surface area contributed by atoms with Gasteiger partial charge in [-0.15, -0.1) is 0 Å². The molecule has 0 saturated carbocycles. The van der Waals surface area contributed by atoms with Crippen LogP contribution in [0.4, 0.5) is 0 Å². The summed E-state index contributed by atoms with van der Waals surface area (Å²) in [5.41, 5.74) is 0.941. The second kappa shape index (κ2) is 12.1. The summed E-state index contributed by atoms with van der Waals surface area (Å²) in [6, 6.07) is 10.8. The van der Waals surface area contributed by atoms with Gasteiger partial charge in [0.25, 0.3) is 0 Å². The number of hydrogen-bond acceptors (Lipinski definition) is 3. The second-order valence-corrected chi connectivity index (χ2v) is 8.20. The Morgan fingerprint density at radius 1 is 0.846 bits per heavy atom. The minimum atomic E-state index is -4.45. The molecular weight excluding hydrogens is 355 g/mol. The van der Waals surface area contributed by atoms with Crippen LogP contribution in [0.2, 0.25) is 0 Å². The van der Waals surface area contributed by atoms with Crippen molar-refractivity contribution < 1.29 is 42.5 Å². The Balaban J connectivity index is 0.00000338. The molecule has 0 aliphatic carbocycles. The van der Waals surface area contributed by atoms with E-state index in [4.69, 9.17) is 0 Å². The molecule has 2 rings (SSSR count). The number of hydrogen-bond donors (Lipinski definition) is 0. The van der Waals surface area contributed by atoms with Gasteiger partial charge in [-0.2, -0.15) is 0 Å². The van der Waals surface area contributed by atoms with E-state index in [1.807, 2.05) is 18.2 Å². The van der Waals surface area contributed by atoms with Gasteiger partial charge in [-0.05, 0) is 35.2 Å². The maximum atomic E-state index is 11.6. The maximum absolute atomic E-state index is 11.6. The molecule has 0 aliphatic heterocycles. The Kier molecular flexibility index (Phi) is 11.0. The Morgan fingerprint density at radius 3 is 2.04 bits per heavy atom. The molecule has 26 heavy (non-hydrogen) atoms. The molecule has 2 aromatic carbocycles. The van der Waals surface area contributed by atoms with Crippen LogP contribution in [0, 0.1) is 0 Å². The molecule has 0 spiro atoms. The van der Waals surface area contributed by atoms with Crippen molar-refractivity contribution in [2.75, 3.05) is 0 Å². The van der Waals surface area contributed by atoms with E-state index in [0.29, 0.717) is 5.39 Å². The first kappa shape index (κ1) is 23.6. The van der Waals surface area contributed by atoms with Crippen molar-refractivity contribution in [2.24, 2.45) is 0 Å². The van der Waals surface area contributed by atoms with E-state index < -0.39 is 10.1 Å². The fraction of sp³-hybridized carbons (Fsp3) is 0.524. The first-order valence-electron chi connectivity index (χ1n) is 9.50. The zero-order chi connectivity index (χ0) is 18.1. The normalized spacial score (nSPS) is 11.5. The Labute approximate surface area is 180 Å². The molecule has 0 bridgehead atoms. The van der Waals surface area contributed by atoms with Gasteiger partial charge in [0.2, 0.25) is 0 Å². The number of unbranched alkanes of at least 4 members (excludes halogenated alkanes) is 8. The van der Waals surface area contributed by atoms with Crippen LogP contribution in [-0.2, 0) is 16.5 Å². The van der Waals surface area contributed by atoms with E-state index in [1.165, 1.54) is 44.9 Å². The average molecular weight is 385 g/mol. The van der Waals surface area contributed by atoms with Crippen LogP contribution in [0.25, 0.3) is 10.8 Å². The first-order valence-corrected chi connectivity index (χ1v) is 10.9. The zero-order valence-electron chi connectivity index (χ0n) is 16.2. The van der Waals surface area contributed by atoms with Crippen LogP contribution in [0.5, 0.6) is 0 Å². The fourth-order valence-corrected chi connectivity index (χ4v) is 4.08. The number of rotatable bonds is 11. The average Bonchev–Trinajstić information content (AvgIpc) is 2.59. The molecule has 5 heteroatoms. The third-order valence-corrected chi connectivity index (χ3v) is 5.60. The van der Waals surface area contributed by atoms with Crippen molar-refractivity contribution in [3.05, 3.63) is 42.0 Å². The van der Waals surface area contributed by atoms with Gasteiger partial charge < -0.3 is 4.55 Å². The Bertz CT molecular complexity index is 772. The molecule has 0 heterocycles. The summed E-state index contributed by atoms with van der Waals surface area (Å²) < 4.78 is 34.7. The topological polar surface area (TPSA) is 57.2 Å². The van der Waals surface area contributed by atoms with Crippen molar-refractivity contribution in [3.63, 3.8) is 0 Å². The quantitative estimate of drug-likeness (QED) is 0.340. The van der Waals surface area contributed by atoms with Crippen LogP contribution in [-0.4, -0.2) is 13.0 Å².